The van der Waals surface area contributed by atoms with Crippen molar-refractivity contribution in [2.24, 2.45) is 0 Å². The third-order valence-electron chi connectivity index (χ3n) is 3.55. The summed E-state index contributed by atoms with van der Waals surface area (Å²) in [4.78, 5) is 12.7. The molecule has 0 radical (unpaired) electrons. The molecular formula is C18H12F2O. The van der Waals surface area contributed by atoms with Crippen LogP contribution in [-0.2, 0) is 0 Å². The molecule has 0 saturated carbocycles. The summed E-state index contributed by atoms with van der Waals surface area (Å²) >= 11 is 0. The molecule has 3 heteroatoms. The molecule has 0 N–H and O–H groups in total. The topological polar surface area (TPSA) is 17.1 Å². The van der Waals surface area contributed by atoms with E-state index in [4.69, 9.17) is 0 Å². The van der Waals surface area contributed by atoms with Crippen LogP contribution in [0.3, 0.4) is 0 Å². The summed E-state index contributed by atoms with van der Waals surface area (Å²) in [5, 5.41) is 0.967. The van der Waals surface area contributed by atoms with Crippen molar-refractivity contribution in [3.05, 3.63) is 82.9 Å². The van der Waals surface area contributed by atoms with E-state index in [1.54, 1.807) is 31.2 Å². The second kappa shape index (κ2) is 5.09. The lowest BCUT2D eigenvalue weighted by molar-refractivity contribution is 0.103. The number of rotatable bonds is 2. The molecule has 3 aromatic carbocycles. The summed E-state index contributed by atoms with van der Waals surface area (Å²) in [7, 11) is 0. The zero-order valence-electron chi connectivity index (χ0n) is 11.4. The smallest absolute Gasteiger partial charge is 0.193 e. The summed E-state index contributed by atoms with van der Waals surface area (Å²) in [5.41, 5.74) is 1.41. The lowest BCUT2D eigenvalue weighted by Gasteiger charge is -2.09. The average Bonchev–Trinajstić information content (AvgIpc) is 2.47. The maximum Gasteiger partial charge on any atom is 0.193 e. The van der Waals surface area contributed by atoms with Crippen molar-refractivity contribution in [2.75, 3.05) is 0 Å². The molecule has 1 nitrogen and oxygen atoms in total. The molecule has 21 heavy (non-hydrogen) atoms. The number of benzene rings is 3. The van der Waals surface area contributed by atoms with E-state index in [2.05, 4.69) is 0 Å². The van der Waals surface area contributed by atoms with Crippen LogP contribution >= 0.6 is 0 Å². The fraction of sp³-hybridized carbons (Fsp3) is 0.0556. The Morgan fingerprint density at radius 2 is 1.52 bits per heavy atom. The predicted octanol–water partition coefficient (Wildman–Crippen LogP) is 4.66. The van der Waals surface area contributed by atoms with Gasteiger partial charge in [0.05, 0.1) is 0 Å². The second-order valence-corrected chi connectivity index (χ2v) is 4.93. The standard InChI is InChI=1S/C18H12F2O/c1-11-10-12(19)6-7-13(11)18(21)16-8-9-17(20)15-5-3-2-4-14(15)16/h2-10H,1H3. The minimum atomic E-state index is -0.381. The van der Waals surface area contributed by atoms with E-state index in [9.17, 15) is 13.6 Å². The van der Waals surface area contributed by atoms with Crippen molar-refractivity contribution in [1.29, 1.82) is 0 Å². The highest BCUT2D eigenvalue weighted by molar-refractivity contribution is 6.17. The van der Waals surface area contributed by atoms with Gasteiger partial charge in [-0.3, -0.25) is 4.79 Å². The first kappa shape index (κ1) is 13.4. The SMILES string of the molecule is Cc1cc(F)ccc1C(=O)c1ccc(F)c2ccccc12. The number of halogens is 2. The van der Waals surface area contributed by atoms with E-state index in [1.165, 1.54) is 30.3 Å². The Bertz CT molecular complexity index is 853. The number of carbonyl (C=O) groups is 1. The molecular weight excluding hydrogens is 270 g/mol. The van der Waals surface area contributed by atoms with Gasteiger partial charge < -0.3 is 0 Å². The molecule has 0 spiro atoms. The van der Waals surface area contributed by atoms with E-state index < -0.39 is 0 Å². The Morgan fingerprint density at radius 3 is 2.24 bits per heavy atom. The van der Waals surface area contributed by atoms with Crippen LogP contribution in [0.1, 0.15) is 21.5 Å². The number of carbonyl (C=O) groups excluding carboxylic acids is 1. The first-order chi connectivity index (χ1) is 10.1. The van der Waals surface area contributed by atoms with Gasteiger partial charge in [0, 0.05) is 16.5 Å². The number of ketones is 1. The molecule has 3 rings (SSSR count). The number of hydrogen-bond donors (Lipinski definition) is 0. The summed E-state index contributed by atoms with van der Waals surface area (Å²) in [6.07, 6.45) is 0. The van der Waals surface area contributed by atoms with E-state index >= 15 is 0 Å². The highest BCUT2D eigenvalue weighted by Crippen LogP contribution is 2.25. The van der Waals surface area contributed by atoms with Crippen molar-refractivity contribution in [2.45, 2.75) is 6.92 Å². The Kier molecular flexibility index (Phi) is 3.26. The molecule has 0 bridgehead atoms. The van der Waals surface area contributed by atoms with Crippen molar-refractivity contribution in [3.8, 4) is 0 Å². The molecule has 0 unspecified atom stereocenters. The average molecular weight is 282 g/mol. The molecule has 3 aromatic rings. The Labute approximate surface area is 120 Å². The van der Waals surface area contributed by atoms with Crippen LogP contribution in [0.4, 0.5) is 8.78 Å². The molecule has 0 aliphatic rings. The fourth-order valence-corrected chi connectivity index (χ4v) is 2.49. The van der Waals surface area contributed by atoms with Crippen LogP contribution in [0.15, 0.2) is 54.6 Å². The van der Waals surface area contributed by atoms with Gasteiger partial charge in [0.1, 0.15) is 11.6 Å². The van der Waals surface area contributed by atoms with E-state index in [-0.39, 0.29) is 17.4 Å². The highest BCUT2D eigenvalue weighted by atomic mass is 19.1. The third kappa shape index (κ3) is 2.31. The number of aryl methyl sites for hydroxylation is 1. The van der Waals surface area contributed by atoms with Gasteiger partial charge in [-0.15, -0.1) is 0 Å². The highest BCUT2D eigenvalue weighted by Gasteiger charge is 2.16. The summed E-state index contributed by atoms with van der Waals surface area (Å²) in [5.74, 6) is -0.977. The molecule has 0 heterocycles. The monoisotopic (exact) mass is 282 g/mol. The van der Waals surface area contributed by atoms with Gasteiger partial charge in [0.15, 0.2) is 5.78 Å². The first-order valence-electron chi connectivity index (χ1n) is 6.56. The molecule has 104 valence electrons. The second-order valence-electron chi connectivity index (χ2n) is 4.93. The Hall–Kier alpha value is -2.55. The van der Waals surface area contributed by atoms with Gasteiger partial charge in [0.25, 0.3) is 0 Å². The lowest BCUT2D eigenvalue weighted by Crippen LogP contribution is -2.05. The summed E-state index contributed by atoms with van der Waals surface area (Å²) in [6.45, 7) is 1.68. The lowest BCUT2D eigenvalue weighted by atomic mass is 9.94. The van der Waals surface area contributed by atoms with Crippen molar-refractivity contribution >= 4 is 16.6 Å². The van der Waals surface area contributed by atoms with Crippen LogP contribution in [0.25, 0.3) is 10.8 Å². The molecule has 0 aromatic heterocycles. The first-order valence-corrected chi connectivity index (χ1v) is 6.56. The zero-order chi connectivity index (χ0) is 15.0. The summed E-state index contributed by atoms with van der Waals surface area (Å²) < 4.78 is 27.0. The van der Waals surface area contributed by atoms with Crippen LogP contribution in [0.2, 0.25) is 0 Å². The van der Waals surface area contributed by atoms with Crippen LogP contribution in [0.5, 0.6) is 0 Å². The molecule has 0 saturated heterocycles. The van der Waals surface area contributed by atoms with Crippen molar-refractivity contribution in [1.82, 2.24) is 0 Å². The Morgan fingerprint density at radius 1 is 0.857 bits per heavy atom. The fourth-order valence-electron chi connectivity index (χ4n) is 2.49. The third-order valence-corrected chi connectivity index (χ3v) is 3.55. The van der Waals surface area contributed by atoms with E-state index in [0.29, 0.717) is 27.5 Å². The number of fused-ring (bicyclic) bond motifs is 1. The largest absolute Gasteiger partial charge is 0.289 e. The summed E-state index contributed by atoms with van der Waals surface area (Å²) in [6, 6.07) is 13.6. The van der Waals surface area contributed by atoms with Crippen LogP contribution in [0, 0.1) is 18.6 Å². The van der Waals surface area contributed by atoms with Gasteiger partial charge in [-0.2, -0.15) is 0 Å². The van der Waals surface area contributed by atoms with E-state index in [0.717, 1.165) is 0 Å². The minimum absolute atomic E-state index is 0.233. The van der Waals surface area contributed by atoms with Gasteiger partial charge >= 0.3 is 0 Å². The zero-order valence-corrected chi connectivity index (χ0v) is 11.4. The Balaban J connectivity index is 2.21. The molecule has 0 fully saturated rings. The van der Waals surface area contributed by atoms with Gasteiger partial charge in [0.2, 0.25) is 0 Å². The quantitative estimate of drug-likeness (QED) is 0.625. The van der Waals surface area contributed by atoms with Crippen LogP contribution in [-0.4, -0.2) is 5.78 Å². The minimum Gasteiger partial charge on any atom is -0.289 e. The van der Waals surface area contributed by atoms with Crippen molar-refractivity contribution < 1.29 is 13.6 Å². The van der Waals surface area contributed by atoms with Gasteiger partial charge in [-0.05, 0) is 48.2 Å². The predicted molar refractivity (Wildman–Crippen MR) is 78.5 cm³/mol. The maximum atomic E-state index is 13.8. The van der Waals surface area contributed by atoms with Gasteiger partial charge in [-0.25, -0.2) is 8.78 Å². The molecule has 0 aliphatic heterocycles. The molecule has 0 atom stereocenters. The molecule has 0 aliphatic carbocycles. The van der Waals surface area contributed by atoms with Crippen molar-refractivity contribution in [3.63, 3.8) is 0 Å². The molecule has 0 amide bonds. The van der Waals surface area contributed by atoms with Crippen LogP contribution < -0.4 is 0 Å². The maximum absolute atomic E-state index is 13.8. The number of hydrogen-bond acceptors (Lipinski definition) is 1. The van der Waals surface area contributed by atoms with Gasteiger partial charge in [-0.1, -0.05) is 24.3 Å². The normalized spacial score (nSPS) is 10.8. The van der Waals surface area contributed by atoms with E-state index in [1.807, 2.05) is 0 Å².